The molecule has 1 atom stereocenters. The molecule has 4 nitrogen and oxygen atoms in total. The molecule has 0 amide bonds. The van der Waals surface area contributed by atoms with Crippen molar-refractivity contribution in [2.75, 3.05) is 7.05 Å². The molecule has 3 rings (SSSR count). The first kappa shape index (κ1) is 13.4. The van der Waals surface area contributed by atoms with E-state index in [9.17, 15) is 0 Å². The Kier molecular flexibility index (Phi) is 4.15. The van der Waals surface area contributed by atoms with Gasteiger partial charge in [-0.3, -0.25) is 0 Å². The van der Waals surface area contributed by atoms with E-state index in [-0.39, 0.29) is 6.04 Å². The van der Waals surface area contributed by atoms with E-state index < -0.39 is 0 Å². The van der Waals surface area contributed by atoms with E-state index in [1.807, 2.05) is 31.4 Å². The Labute approximate surface area is 125 Å². The fraction of sp³-hybridized carbons (Fsp3) is 0.214. The Morgan fingerprint density at radius 1 is 1.25 bits per heavy atom. The molecule has 102 valence electrons. The highest BCUT2D eigenvalue weighted by Gasteiger charge is 2.15. The summed E-state index contributed by atoms with van der Waals surface area (Å²) in [6, 6.07) is 10.4. The van der Waals surface area contributed by atoms with Gasteiger partial charge in [0, 0.05) is 17.4 Å². The molecule has 6 heteroatoms. The van der Waals surface area contributed by atoms with Crippen LogP contribution in [0.15, 0.2) is 41.9 Å². The summed E-state index contributed by atoms with van der Waals surface area (Å²) in [7, 11) is 1.94. The summed E-state index contributed by atoms with van der Waals surface area (Å²) < 4.78 is 8.35. The zero-order chi connectivity index (χ0) is 13.8. The summed E-state index contributed by atoms with van der Waals surface area (Å²) in [5.41, 5.74) is 3.18. The molecule has 0 saturated heterocycles. The predicted molar refractivity (Wildman–Crippen MR) is 83.0 cm³/mol. The number of hydrogen-bond acceptors (Lipinski definition) is 6. The zero-order valence-corrected chi connectivity index (χ0v) is 12.6. The van der Waals surface area contributed by atoms with Gasteiger partial charge in [-0.2, -0.15) is 8.75 Å². The molecule has 2 aromatic heterocycles. The topological polar surface area (TPSA) is 50.7 Å². The highest BCUT2D eigenvalue weighted by molar-refractivity contribution is 7.10. The number of aromatic nitrogens is 3. The van der Waals surface area contributed by atoms with Crippen LogP contribution in [0.3, 0.4) is 0 Å². The van der Waals surface area contributed by atoms with Crippen molar-refractivity contribution in [2.24, 2.45) is 0 Å². The average Bonchev–Trinajstić information content (AvgIpc) is 3.17. The third kappa shape index (κ3) is 2.92. The summed E-state index contributed by atoms with van der Waals surface area (Å²) in [4.78, 5) is 4.71. The lowest BCUT2D eigenvalue weighted by molar-refractivity contribution is 0.579. The van der Waals surface area contributed by atoms with Crippen LogP contribution in [0.5, 0.6) is 0 Å². The number of hydrogen-bond donors (Lipinski definition) is 1. The van der Waals surface area contributed by atoms with Crippen LogP contribution in [0.25, 0.3) is 11.3 Å². The number of rotatable bonds is 5. The summed E-state index contributed by atoms with van der Waals surface area (Å²) in [6.07, 6.45) is 2.65. The van der Waals surface area contributed by atoms with Crippen LogP contribution in [-0.2, 0) is 6.42 Å². The lowest BCUT2D eigenvalue weighted by Crippen LogP contribution is -2.19. The number of thiazole rings is 1. The molecule has 0 aliphatic rings. The van der Waals surface area contributed by atoms with Gasteiger partial charge in [0.25, 0.3) is 0 Å². The van der Waals surface area contributed by atoms with Gasteiger partial charge in [0.05, 0.1) is 40.4 Å². The molecule has 0 fully saturated rings. The van der Waals surface area contributed by atoms with Crippen molar-refractivity contribution in [3.8, 4) is 11.3 Å². The van der Waals surface area contributed by atoms with Gasteiger partial charge in [-0.15, -0.1) is 11.3 Å². The van der Waals surface area contributed by atoms with Gasteiger partial charge in [-0.1, -0.05) is 30.3 Å². The van der Waals surface area contributed by atoms with E-state index in [1.165, 1.54) is 11.7 Å². The smallest absolute Gasteiger partial charge is 0.0952 e. The van der Waals surface area contributed by atoms with Crippen molar-refractivity contribution in [2.45, 2.75) is 12.5 Å². The van der Waals surface area contributed by atoms with Crippen LogP contribution in [0.1, 0.15) is 16.7 Å². The van der Waals surface area contributed by atoms with E-state index >= 15 is 0 Å². The minimum absolute atomic E-state index is 0.170. The Balaban J connectivity index is 1.77. The molecular weight excluding hydrogens is 288 g/mol. The van der Waals surface area contributed by atoms with Crippen LogP contribution in [-0.4, -0.2) is 20.8 Å². The minimum atomic E-state index is 0.170. The monoisotopic (exact) mass is 302 g/mol. The summed E-state index contributed by atoms with van der Waals surface area (Å²) in [6.45, 7) is 0. The zero-order valence-electron chi connectivity index (χ0n) is 11.0. The molecule has 0 saturated carbocycles. The van der Waals surface area contributed by atoms with E-state index in [0.717, 1.165) is 28.4 Å². The molecule has 2 heterocycles. The Morgan fingerprint density at radius 3 is 2.80 bits per heavy atom. The molecule has 1 aromatic carbocycles. The molecule has 0 bridgehead atoms. The second-order valence-electron chi connectivity index (χ2n) is 4.37. The number of nitrogens with one attached hydrogen (secondary N) is 1. The molecule has 3 aromatic rings. The molecular formula is C14H14N4S2. The van der Waals surface area contributed by atoms with E-state index in [4.69, 9.17) is 4.98 Å². The molecule has 0 radical (unpaired) electrons. The van der Waals surface area contributed by atoms with Gasteiger partial charge in [0.1, 0.15) is 0 Å². The van der Waals surface area contributed by atoms with Crippen molar-refractivity contribution in [1.29, 1.82) is 0 Å². The van der Waals surface area contributed by atoms with Gasteiger partial charge in [-0.05, 0) is 7.05 Å². The van der Waals surface area contributed by atoms with Crippen LogP contribution in [0.2, 0.25) is 0 Å². The fourth-order valence-electron chi connectivity index (χ4n) is 2.00. The van der Waals surface area contributed by atoms with E-state index in [1.54, 1.807) is 11.3 Å². The maximum atomic E-state index is 4.71. The normalized spacial score (nSPS) is 12.4. The molecule has 0 aliphatic carbocycles. The van der Waals surface area contributed by atoms with Crippen LogP contribution in [0, 0.1) is 0 Å². The first-order valence-corrected chi connectivity index (χ1v) is 7.92. The van der Waals surface area contributed by atoms with Crippen molar-refractivity contribution >= 4 is 23.1 Å². The van der Waals surface area contributed by atoms with Gasteiger partial charge in [-0.25, -0.2) is 4.98 Å². The number of likely N-dealkylation sites (N-methyl/N-ethyl adjacent to an activating group) is 1. The summed E-state index contributed by atoms with van der Waals surface area (Å²) >= 11 is 2.93. The average molecular weight is 302 g/mol. The Morgan fingerprint density at radius 2 is 2.10 bits per heavy atom. The molecule has 20 heavy (non-hydrogen) atoms. The lowest BCUT2D eigenvalue weighted by Gasteiger charge is -2.10. The SMILES string of the molecule is CNC(Cc1nc(-c2ccccc2)cs1)c1cnsn1. The summed E-state index contributed by atoms with van der Waals surface area (Å²) in [5, 5.41) is 6.49. The first-order valence-electron chi connectivity index (χ1n) is 6.31. The maximum Gasteiger partial charge on any atom is 0.0952 e. The molecule has 1 unspecified atom stereocenters. The maximum absolute atomic E-state index is 4.71. The van der Waals surface area contributed by atoms with Crippen LogP contribution in [0.4, 0.5) is 0 Å². The van der Waals surface area contributed by atoms with Gasteiger partial charge in [0.15, 0.2) is 0 Å². The molecule has 0 aliphatic heterocycles. The lowest BCUT2D eigenvalue weighted by atomic mass is 10.1. The first-order chi connectivity index (χ1) is 9.86. The largest absolute Gasteiger partial charge is 0.311 e. The van der Waals surface area contributed by atoms with Crippen LogP contribution < -0.4 is 5.32 Å². The fourth-order valence-corrected chi connectivity index (χ4v) is 3.32. The van der Waals surface area contributed by atoms with Gasteiger partial charge >= 0.3 is 0 Å². The predicted octanol–water partition coefficient (Wildman–Crippen LogP) is 3.16. The Hall–Kier alpha value is -1.63. The summed E-state index contributed by atoms with van der Waals surface area (Å²) in [5.74, 6) is 0. The second-order valence-corrected chi connectivity index (χ2v) is 5.87. The molecule has 0 spiro atoms. The Bertz CT molecular complexity index is 649. The second kappa shape index (κ2) is 6.21. The number of nitrogens with zero attached hydrogens (tertiary/aromatic N) is 3. The standard InChI is InChI=1S/C14H14N4S2/c1-15-11(12-8-16-20-18-12)7-14-17-13(9-19-14)10-5-3-2-4-6-10/h2-6,8-9,11,15H,7H2,1H3. The minimum Gasteiger partial charge on any atom is -0.311 e. The van der Waals surface area contributed by atoms with Gasteiger partial charge < -0.3 is 5.32 Å². The van der Waals surface area contributed by atoms with Crippen molar-refractivity contribution < 1.29 is 0 Å². The van der Waals surface area contributed by atoms with Gasteiger partial charge in [0.2, 0.25) is 0 Å². The third-order valence-corrected chi connectivity index (χ3v) is 4.45. The van der Waals surface area contributed by atoms with Crippen molar-refractivity contribution in [1.82, 2.24) is 19.0 Å². The van der Waals surface area contributed by atoms with Crippen LogP contribution >= 0.6 is 23.1 Å². The molecule has 1 N–H and O–H groups in total. The quantitative estimate of drug-likeness (QED) is 0.786. The third-order valence-electron chi connectivity index (χ3n) is 3.08. The van der Waals surface area contributed by atoms with E-state index in [2.05, 4.69) is 31.6 Å². The van der Waals surface area contributed by atoms with Crippen molar-refractivity contribution in [3.63, 3.8) is 0 Å². The number of benzene rings is 1. The van der Waals surface area contributed by atoms with E-state index in [0.29, 0.717) is 0 Å². The highest BCUT2D eigenvalue weighted by Crippen LogP contribution is 2.24. The van der Waals surface area contributed by atoms with Crippen molar-refractivity contribution in [3.05, 3.63) is 52.6 Å². The highest BCUT2D eigenvalue weighted by atomic mass is 32.1.